The molecule has 3 atom stereocenters. The van der Waals surface area contributed by atoms with Crippen LogP contribution in [-0.4, -0.2) is 27.5 Å². The van der Waals surface area contributed by atoms with Crippen LogP contribution in [0.3, 0.4) is 0 Å². The molecule has 0 saturated carbocycles. The van der Waals surface area contributed by atoms with Gasteiger partial charge in [-0.2, -0.15) is 0 Å². The van der Waals surface area contributed by atoms with E-state index in [0.717, 1.165) is 28.7 Å². The molecule has 2 aliphatic heterocycles. The van der Waals surface area contributed by atoms with Gasteiger partial charge in [0.15, 0.2) is 0 Å². The highest BCUT2D eigenvalue weighted by Gasteiger charge is 2.57. The van der Waals surface area contributed by atoms with Gasteiger partial charge in [0.1, 0.15) is 17.6 Å². The number of nitrogens with one attached hydrogen (secondary N) is 1. The molecule has 2 aromatic heterocycles. The molecule has 0 spiro atoms. The van der Waals surface area contributed by atoms with Crippen LogP contribution < -0.4 is 15.1 Å². The number of thioether (sulfide) groups is 1. The van der Waals surface area contributed by atoms with Crippen LogP contribution in [0.5, 0.6) is 0 Å². The lowest BCUT2D eigenvalue weighted by Crippen LogP contribution is -2.32. The van der Waals surface area contributed by atoms with Crippen LogP contribution in [0, 0.1) is 12.8 Å². The fraction of sp³-hybridized carbons (Fsp3) is 0.185. The lowest BCUT2D eigenvalue weighted by Gasteiger charge is -2.29. The number of fused-ring (bicyclic) bond motifs is 2. The number of nitrogens with zero attached hydrogens (tertiary/aromatic N) is 2. The number of thiazole rings is 1. The van der Waals surface area contributed by atoms with Gasteiger partial charge in [-0.1, -0.05) is 52.4 Å². The number of halogens is 1. The van der Waals surface area contributed by atoms with E-state index >= 15 is 0 Å². The molecule has 2 aliphatic rings. The van der Waals surface area contributed by atoms with E-state index < -0.39 is 17.1 Å². The van der Waals surface area contributed by atoms with E-state index in [1.54, 1.807) is 48.5 Å². The second kappa shape index (κ2) is 9.61. The maximum Gasteiger partial charge on any atom is 0.308 e. The number of carbonyl (C=O) groups is 3. The largest absolute Gasteiger partial charge is 0.469 e. The minimum Gasteiger partial charge on any atom is -0.469 e. The molecule has 0 bridgehead atoms. The molecule has 192 valence electrons. The first-order chi connectivity index (χ1) is 18.3. The standard InChI is InChI=1S/C27H20ClN3O5S2/c1-14-4-8-16(9-5-14)29-19(32)13-30-26-23(38-27(30)35)20(18-3-2-12-36-18)21-22(37-26)25(34)31(24(21)33)17-10-6-15(28)7-11-17/h2-12,20-22H,13H2,1H3,(H,29,32)/t20-,21-,22+/m0/s1. The summed E-state index contributed by atoms with van der Waals surface area (Å²) in [5.41, 5.74) is 2.11. The van der Waals surface area contributed by atoms with E-state index in [-0.39, 0.29) is 29.1 Å². The Bertz CT molecular complexity index is 1610. The van der Waals surface area contributed by atoms with Crippen LogP contribution in [0.25, 0.3) is 0 Å². The van der Waals surface area contributed by atoms with Gasteiger partial charge in [0.05, 0.1) is 33.7 Å². The summed E-state index contributed by atoms with van der Waals surface area (Å²) in [6.45, 7) is 1.72. The van der Waals surface area contributed by atoms with Crippen molar-refractivity contribution >= 4 is 63.8 Å². The zero-order valence-electron chi connectivity index (χ0n) is 19.9. The van der Waals surface area contributed by atoms with E-state index in [1.165, 1.54) is 15.7 Å². The Labute approximate surface area is 230 Å². The number of imide groups is 1. The first-order valence-electron chi connectivity index (χ1n) is 11.8. The Balaban J connectivity index is 1.38. The van der Waals surface area contributed by atoms with Crippen molar-refractivity contribution in [2.24, 2.45) is 5.92 Å². The summed E-state index contributed by atoms with van der Waals surface area (Å²) in [4.78, 5) is 54.8. The number of aromatic nitrogens is 1. The first kappa shape index (κ1) is 24.7. The second-order valence-corrected chi connectivity index (χ2v) is 11.6. The smallest absolute Gasteiger partial charge is 0.308 e. The van der Waals surface area contributed by atoms with Gasteiger partial charge in [0.2, 0.25) is 17.7 Å². The summed E-state index contributed by atoms with van der Waals surface area (Å²) >= 11 is 8.14. The Morgan fingerprint density at radius 3 is 2.45 bits per heavy atom. The summed E-state index contributed by atoms with van der Waals surface area (Å²) in [6.07, 6.45) is 1.50. The number of benzene rings is 2. The Morgan fingerprint density at radius 2 is 1.76 bits per heavy atom. The monoisotopic (exact) mass is 565 g/mol. The number of anilines is 2. The maximum absolute atomic E-state index is 13.7. The van der Waals surface area contributed by atoms with Gasteiger partial charge in [0.25, 0.3) is 0 Å². The molecule has 4 aromatic rings. The SMILES string of the molecule is Cc1ccc(NC(=O)Cn2c3c(sc2=O)[C@@H](c2ccco2)[C@@H]2C(=O)N(c4ccc(Cl)cc4)C(=O)[C@@H]2S3)cc1. The van der Waals surface area contributed by atoms with E-state index in [9.17, 15) is 19.2 Å². The highest BCUT2D eigenvalue weighted by atomic mass is 35.5. The minimum atomic E-state index is -0.791. The van der Waals surface area contributed by atoms with Crippen molar-refractivity contribution in [2.45, 2.75) is 29.7 Å². The third kappa shape index (κ3) is 4.18. The maximum atomic E-state index is 13.7. The molecule has 3 amide bonds. The first-order valence-corrected chi connectivity index (χ1v) is 13.8. The predicted octanol–water partition coefficient (Wildman–Crippen LogP) is 4.90. The number of rotatable bonds is 5. The molecule has 0 aliphatic carbocycles. The minimum absolute atomic E-state index is 0.225. The van der Waals surface area contributed by atoms with Crippen molar-refractivity contribution in [2.75, 3.05) is 10.2 Å². The van der Waals surface area contributed by atoms with E-state index in [0.29, 0.717) is 32.1 Å². The van der Waals surface area contributed by atoms with Crippen molar-refractivity contribution in [3.05, 3.63) is 97.8 Å². The Kier molecular flexibility index (Phi) is 6.25. The van der Waals surface area contributed by atoms with E-state index in [4.69, 9.17) is 16.0 Å². The van der Waals surface area contributed by atoms with Gasteiger partial charge in [-0.05, 0) is 55.5 Å². The highest BCUT2D eigenvalue weighted by molar-refractivity contribution is 8.00. The number of hydrogen-bond acceptors (Lipinski definition) is 7. The molecule has 11 heteroatoms. The molecule has 0 radical (unpaired) electrons. The normalized spacial score (nSPS) is 20.4. The molecule has 1 saturated heterocycles. The van der Waals surface area contributed by atoms with Gasteiger partial charge >= 0.3 is 4.87 Å². The van der Waals surface area contributed by atoms with Crippen molar-refractivity contribution in [1.29, 1.82) is 0 Å². The van der Waals surface area contributed by atoms with Crippen LogP contribution in [0.15, 0.2) is 81.2 Å². The van der Waals surface area contributed by atoms with Gasteiger partial charge < -0.3 is 9.73 Å². The zero-order chi connectivity index (χ0) is 26.6. The fourth-order valence-corrected chi connectivity index (χ4v) is 7.74. The lowest BCUT2D eigenvalue weighted by atomic mass is 9.87. The fourth-order valence-electron chi connectivity index (χ4n) is 4.86. The van der Waals surface area contributed by atoms with Gasteiger partial charge in [0, 0.05) is 10.7 Å². The van der Waals surface area contributed by atoms with Crippen molar-refractivity contribution in [1.82, 2.24) is 4.57 Å². The molecule has 1 N–H and O–H groups in total. The predicted molar refractivity (Wildman–Crippen MR) is 146 cm³/mol. The average molecular weight is 566 g/mol. The molecule has 38 heavy (non-hydrogen) atoms. The molecule has 0 unspecified atom stereocenters. The van der Waals surface area contributed by atoms with E-state index in [1.807, 2.05) is 19.1 Å². The van der Waals surface area contributed by atoms with Gasteiger partial charge in [-0.3, -0.25) is 23.7 Å². The topological polar surface area (TPSA) is 102 Å². The van der Waals surface area contributed by atoms with Crippen molar-refractivity contribution in [3.8, 4) is 0 Å². The van der Waals surface area contributed by atoms with Crippen LogP contribution in [0.4, 0.5) is 11.4 Å². The molecule has 2 aromatic carbocycles. The molecule has 4 heterocycles. The van der Waals surface area contributed by atoms with Crippen LogP contribution >= 0.6 is 34.7 Å². The Hall–Kier alpha value is -3.60. The number of amides is 3. The third-order valence-electron chi connectivity index (χ3n) is 6.62. The van der Waals surface area contributed by atoms with Crippen molar-refractivity contribution in [3.63, 3.8) is 0 Å². The summed E-state index contributed by atoms with van der Waals surface area (Å²) in [5, 5.41) is 3.01. The van der Waals surface area contributed by atoms with Crippen LogP contribution in [0.1, 0.15) is 22.1 Å². The van der Waals surface area contributed by atoms with Crippen LogP contribution in [-0.2, 0) is 20.9 Å². The van der Waals surface area contributed by atoms with Gasteiger partial charge in [-0.15, -0.1) is 0 Å². The summed E-state index contributed by atoms with van der Waals surface area (Å²) in [5.74, 6) is -2.05. The molecule has 6 rings (SSSR count). The number of hydrogen-bond donors (Lipinski definition) is 1. The van der Waals surface area contributed by atoms with E-state index in [2.05, 4.69) is 5.32 Å². The lowest BCUT2D eigenvalue weighted by molar-refractivity contribution is -0.122. The van der Waals surface area contributed by atoms with Crippen LogP contribution in [0.2, 0.25) is 5.02 Å². The highest BCUT2D eigenvalue weighted by Crippen LogP contribution is 2.53. The molecular weight excluding hydrogens is 546 g/mol. The molecular formula is C27H20ClN3O5S2. The summed E-state index contributed by atoms with van der Waals surface area (Å²) in [7, 11) is 0. The average Bonchev–Trinajstić information content (AvgIpc) is 3.59. The summed E-state index contributed by atoms with van der Waals surface area (Å²) < 4.78 is 7.08. The number of aryl methyl sites for hydroxylation is 1. The molecule has 1 fully saturated rings. The van der Waals surface area contributed by atoms with Crippen molar-refractivity contribution < 1.29 is 18.8 Å². The Morgan fingerprint density at radius 1 is 1.03 bits per heavy atom. The van der Waals surface area contributed by atoms with Gasteiger partial charge in [-0.25, -0.2) is 4.90 Å². The third-order valence-corrected chi connectivity index (χ3v) is 9.48. The zero-order valence-corrected chi connectivity index (χ0v) is 22.3. The number of furan rings is 1. The quantitative estimate of drug-likeness (QED) is 0.345. The summed E-state index contributed by atoms with van der Waals surface area (Å²) in [6, 6.07) is 17.3. The molecule has 8 nitrogen and oxygen atoms in total. The second-order valence-electron chi connectivity index (χ2n) is 9.08. The number of carbonyl (C=O) groups excluding carboxylic acids is 3.